The van der Waals surface area contributed by atoms with Crippen molar-refractivity contribution in [3.05, 3.63) is 69.9 Å². The van der Waals surface area contributed by atoms with Crippen molar-refractivity contribution in [1.29, 1.82) is 0 Å². The zero-order valence-corrected chi connectivity index (χ0v) is 23.0. The summed E-state index contributed by atoms with van der Waals surface area (Å²) in [6.07, 6.45) is 1.99. The number of benzene rings is 2. The molecule has 1 N–H and O–H groups in total. The number of allylic oxidation sites excluding steroid dienone is 1. The normalized spacial score (nSPS) is 14.7. The first-order valence-electron chi connectivity index (χ1n) is 12.2. The van der Waals surface area contributed by atoms with Crippen LogP contribution < -0.4 is 14.8 Å². The second kappa shape index (κ2) is 12.4. The van der Waals surface area contributed by atoms with Gasteiger partial charge in [0.2, 0.25) is 11.1 Å². The van der Waals surface area contributed by atoms with Gasteiger partial charge >= 0.3 is 5.97 Å². The Balaban J connectivity index is 1.70. The highest BCUT2D eigenvalue weighted by Crippen LogP contribution is 2.40. The summed E-state index contributed by atoms with van der Waals surface area (Å²) in [6.45, 7) is 6.61. The molecular formula is C27H31ClN4O4S. The van der Waals surface area contributed by atoms with Gasteiger partial charge in [-0.25, -0.2) is 9.48 Å². The maximum atomic E-state index is 13.1. The van der Waals surface area contributed by atoms with Crippen LogP contribution in [0.3, 0.4) is 0 Å². The van der Waals surface area contributed by atoms with Gasteiger partial charge in [0.15, 0.2) is 11.5 Å². The summed E-state index contributed by atoms with van der Waals surface area (Å²) < 4.78 is 18.7. The van der Waals surface area contributed by atoms with Gasteiger partial charge < -0.3 is 19.5 Å². The van der Waals surface area contributed by atoms with Crippen molar-refractivity contribution in [2.45, 2.75) is 50.6 Å². The van der Waals surface area contributed by atoms with Crippen molar-refractivity contribution in [2.75, 3.05) is 25.6 Å². The van der Waals surface area contributed by atoms with Gasteiger partial charge in [-0.3, -0.25) is 0 Å². The number of nitrogens with one attached hydrogen (secondary N) is 1. The molecule has 1 atom stereocenters. The highest BCUT2D eigenvalue weighted by molar-refractivity contribution is 7.98. The van der Waals surface area contributed by atoms with E-state index in [0.717, 1.165) is 24.0 Å². The molecule has 8 nitrogen and oxygen atoms in total. The molecule has 37 heavy (non-hydrogen) atoms. The van der Waals surface area contributed by atoms with Crippen molar-refractivity contribution in [2.24, 2.45) is 0 Å². The van der Waals surface area contributed by atoms with Gasteiger partial charge in [0.25, 0.3) is 0 Å². The number of hydrogen-bond acceptors (Lipinski definition) is 8. The molecule has 10 heteroatoms. The molecule has 4 rings (SSSR count). The Morgan fingerprint density at radius 1 is 1.19 bits per heavy atom. The van der Waals surface area contributed by atoms with E-state index in [1.54, 1.807) is 18.7 Å². The molecule has 0 radical (unpaired) electrons. The number of methoxy groups -OCH3 is 1. The maximum absolute atomic E-state index is 13.1. The van der Waals surface area contributed by atoms with E-state index in [0.29, 0.717) is 51.3 Å². The largest absolute Gasteiger partial charge is 0.493 e. The summed E-state index contributed by atoms with van der Waals surface area (Å²) in [5.41, 5.74) is 2.92. The first-order chi connectivity index (χ1) is 18.0. The molecule has 3 aromatic rings. The maximum Gasteiger partial charge on any atom is 0.338 e. The fraction of sp³-hybridized carbons (Fsp3) is 0.370. The third kappa shape index (κ3) is 6.05. The van der Waals surface area contributed by atoms with Crippen molar-refractivity contribution in [3.63, 3.8) is 0 Å². The van der Waals surface area contributed by atoms with Crippen molar-refractivity contribution in [1.82, 2.24) is 14.8 Å². The molecular weight excluding hydrogens is 512 g/mol. The fourth-order valence-corrected chi connectivity index (χ4v) is 5.15. The van der Waals surface area contributed by atoms with Crippen LogP contribution >= 0.6 is 23.4 Å². The number of fused-ring (bicyclic) bond motifs is 1. The van der Waals surface area contributed by atoms with Crippen LogP contribution in [-0.4, -0.2) is 41.1 Å². The van der Waals surface area contributed by atoms with Gasteiger partial charge in [0.05, 0.1) is 25.9 Å². The Hall–Kier alpha value is -3.17. The van der Waals surface area contributed by atoms with Crippen molar-refractivity contribution >= 4 is 35.3 Å². The quantitative estimate of drug-likeness (QED) is 0.172. The molecule has 0 spiro atoms. The molecule has 1 aliphatic heterocycles. The molecule has 0 saturated heterocycles. The molecule has 196 valence electrons. The number of ether oxygens (including phenoxy) is 3. The zero-order valence-electron chi connectivity index (χ0n) is 21.4. The number of unbranched alkanes of at least 4 members (excludes halogenated alkanes) is 1. The van der Waals surface area contributed by atoms with Crippen LogP contribution in [0.25, 0.3) is 0 Å². The SMILES string of the molecule is CCCCOc1ccc(C2C(C(=O)OCC)=C(C)Nc3nc(SCc4ccccc4Cl)nn32)cc1OC. The number of aromatic nitrogens is 3. The van der Waals surface area contributed by atoms with Crippen LogP contribution in [0, 0.1) is 0 Å². The predicted molar refractivity (Wildman–Crippen MR) is 146 cm³/mol. The van der Waals surface area contributed by atoms with E-state index in [1.807, 2.05) is 49.4 Å². The molecule has 1 aromatic heterocycles. The second-order valence-corrected chi connectivity index (χ2v) is 9.79. The van der Waals surface area contributed by atoms with Crippen LogP contribution in [0.5, 0.6) is 11.5 Å². The number of esters is 1. The third-order valence-corrected chi connectivity index (χ3v) is 7.16. The number of carbonyl (C=O) groups is 1. The highest BCUT2D eigenvalue weighted by atomic mass is 35.5. The second-order valence-electron chi connectivity index (χ2n) is 8.44. The average molecular weight is 543 g/mol. The van der Waals surface area contributed by atoms with Gasteiger partial charge in [0, 0.05) is 16.5 Å². The van der Waals surface area contributed by atoms with E-state index in [-0.39, 0.29) is 6.61 Å². The summed E-state index contributed by atoms with van der Waals surface area (Å²) in [6, 6.07) is 12.8. The summed E-state index contributed by atoms with van der Waals surface area (Å²) in [5.74, 6) is 1.98. The fourth-order valence-electron chi connectivity index (χ4n) is 4.03. The topological polar surface area (TPSA) is 87.5 Å². The Kier molecular flexibility index (Phi) is 9.00. The molecule has 0 saturated carbocycles. The number of carbonyl (C=O) groups excluding carboxylic acids is 1. The molecule has 0 aliphatic carbocycles. The van der Waals surface area contributed by atoms with Crippen molar-refractivity contribution < 1.29 is 19.0 Å². The minimum atomic E-state index is -0.559. The number of thioether (sulfide) groups is 1. The van der Waals surface area contributed by atoms with Gasteiger partial charge in [-0.05, 0) is 49.6 Å². The summed E-state index contributed by atoms with van der Waals surface area (Å²) in [7, 11) is 1.60. The number of rotatable bonds is 11. The molecule has 1 aliphatic rings. The predicted octanol–water partition coefficient (Wildman–Crippen LogP) is 6.26. The van der Waals surface area contributed by atoms with Crippen LogP contribution in [0.4, 0.5) is 5.95 Å². The zero-order chi connectivity index (χ0) is 26.4. The lowest BCUT2D eigenvalue weighted by atomic mass is 9.95. The van der Waals surface area contributed by atoms with Gasteiger partial charge in [-0.15, -0.1) is 5.10 Å². The summed E-state index contributed by atoms with van der Waals surface area (Å²) in [4.78, 5) is 17.8. The minimum Gasteiger partial charge on any atom is -0.493 e. The Bertz CT molecular complexity index is 1290. The molecule has 0 bridgehead atoms. The van der Waals surface area contributed by atoms with Crippen LogP contribution in [0.2, 0.25) is 5.02 Å². The van der Waals surface area contributed by atoms with Gasteiger partial charge in [-0.1, -0.05) is 61.0 Å². The van der Waals surface area contributed by atoms with E-state index in [2.05, 4.69) is 17.2 Å². The average Bonchev–Trinajstić information content (AvgIpc) is 3.30. The Labute approximate surface area is 226 Å². The highest BCUT2D eigenvalue weighted by Gasteiger charge is 2.35. The third-order valence-electron chi connectivity index (χ3n) is 5.90. The molecule has 2 aromatic carbocycles. The smallest absolute Gasteiger partial charge is 0.338 e. The molecule has 2 heterocycles. The first kappa shape index (κ1) is 26.9. The number of anilines is 1. The van der Waals surface area contributed by atoms with E-state index < -0.39 is 12.0 Å². The monoisotopic (exact) mass is 542 g/mol. The Morgan fingerprint density at radius 3 is 2.73 bits per heavy atom. The minimum absolute atomic E-state index is 0.263. The van der Waals surface area contributed by atoms with Crippen LogP contribution in [-0.2, 0) is 15.3 Å². The van der Waals surface area contributed by atoms with Crippen molar-refractivity contribution in [3.8, 4) is 11.5 Å². The molecule has 0 fully saturated rings. The first-order valence-corrected chi connectivity index (χ1v) is 13.6. The van der Waals surface area contributed by atoms with Gasteiger partial charge in [-0.2, -0.15) is 4.98 Å². The standard InChI is InChI=1S/C27H31ClN4O4S/c1-5-7-14-36-21-13-12-18(15-22(21)34-4)24-23(25(33)35-6-2)17(3)29-26-30-27(31-32(24)26)37-16-19-10-8-9-11-20(19)28/h8-13,15,24H,5-7,14,16H2,1-4H3,(H,29,30,31). The van der Waals surface area contributed by atoms with E-state index in [1.165, 1.54) is 11.8 Å². The van der Waals surface area contributed by atoms with Gasteiger partial charge in [0.1, 0.15) is 6.04 Å². The Morgan fingerprint density at radius 2 is 2.00 bits per heavy atom. The molecule has 0 amide bonds. The van der Waals surface area contributed by atoms with E-state index in [4.69, 9.17) is 30.9 Å². The van der Waals surface area contributed by atoms with E-state index in [9.17, 15) is 4.79 Å². The van der Waals surface area contributed by atoms with Crippen LogP contribution in [0.15, 0.2) is 58.9 Å². The van der Waals surface area contributed by atoms with E-state index >= 15 is 0 Å². The summed E-state index contributed by atoms with van der Waals surface area (Å²) in [5, 5.41) is 9.26. The molecule has 1 unspecified atom stereocenters. The number of halogens is 1. The lowest BCUT2D eigenvalue weighted by molar-refractivity contribution is -0.139. The summed E-state index contributed by atoms with van der Waals surface area (Å²) >= 11 is 7.80. The van der Waals surface area contributed by atoms with Crippen LogP contribution in [0.1, 0.15) is 50.8 Å². The lowest BCUT2D eigenvalue weighted by Gasteiger charge is -2.28. The number of nitrogens with zero attached hydrogens (tertiary/aromatic N) is 3. The number of hydrogen-bond donors (Lipinski definition) is 1. The lowest BCUT2D eigenvalue weighted by Crippen LogP contribution is -2.29.